The summed E-state index contributed by atoms with van der Waals surface area (Å²) in [5.41, 5.74) is 0.480. The SMILES string of the molecule is Oc1ccc(-c2noc(C3CSCCN3)n2)cc1F. The second-order valence-electron chi connectivity index (χ2n) is 4.20. The molecule has 1 aromatic carbocycles. The highest BCUT2D eigenvalue weighted by atomic mass is 32.2. The average Bonchev–Trinajstić information content (AvgIpc) is 2.93. The van der Waals surface area contributed by atoms with E-state index in [1.54, 1.807) is 6.07 Å². The molecule has 0 aliphatic carbocycles. The largest absolute Gasteiger partial charge is 0.505 e. The number of benzene rings is 1. The number of hydrogen-bond acceptors (Lipinski definition) is 6. The zero-order valence-electron chi connectivity index (χ0n) is 9.97. The summed E-state index contributed by atoms with van der Waals surface area (Å²) in [5.74, 6) is 1.70. The fraction of sp³-hybridized carbons (Fsp3) is 0.333. The molecule has 1 unspecified atom stereocenters. The molecular formula is C12H12FN3O2S. The van der Waals surface area contributed by atoms with Gasteiger partial charge in [0.2, 0.25) is 11.7 Å². The normalized spacial score (nSPS) is 19.5. The minimum Gasteiger partial charge on any atom is -0.505 e. The maximum atomic E-state index is 13.3. The molecule has 1 saturated heterocycles. The predicted molar refractivity (Wildman–Crippen MR) is 69.4 cm³/mol. The van der Waals surface area contributed by atoms with Crippen molar-refractivity contribution in [3.05, 3.63) is 29.9 Å². The van der Waals surface area contributed by atoms with Gasteiger partial charge in [-0.3, -0.25) is 0 Å². The van der Waals surface area contributed by atoms with Crippen LogP contribution in [-0.4, -0.2) is 33.3 Å². The molecule has 2 heterocycles. The number of phenols is 1. The van der Waals surface area contributed by atoms with Crippen LogP contribution in [0.4, 0.5) is 4.39 Å². The Kier molecular flexibility index (Phi) is 3.39. The van der Waals surface area contributed by atoms with Gasteiger partial charge in [-0.05, 0) is 18.2 Å². The molecule has 0 amide bonds. The van der Waals surface area contributed by atoms with Crippen LogP contribution in [0.2, 0.25) is 0 Å². The van der Waals surface area contributed by atoms with Crippen molar-refractivity contribution in [1.82, 2.24) is 15.5 Å². The zero-order valence-corrected chi connectivity index (χ0v) is 10.8. The standard InChI is InChI=1S/C12H12FN3O2S/c13-8-5-7(1-2-10(8)17)11-15-12(18-16-11)9-6-19-4-3-14-9/h1-2,5,9,14,17H,3-4,6H2. The van der Waals surface area contributed by atoms with Crippen LogP contribution in [0.3, 0.4) is 0 Å². The van der Waals surface area contributed by atoms with Gasteiger partial charge in [0.15, 0.2) is 11.6 Å². The lowest BCUT2D eigenvalue weighted by Gasteiger charge is -2.19. The highest BCUT2D eigenvalue weighted by Gasteiger charge is 2.21. The Morgan fingerprint density at radius 3 is 3.11 bits per heavy atom. The fourth-order valence-electron chi connectivity index (χ4n) is 1.86. The molecule has 1 fully saturated rings. The van der Waals surface area contributed by atoms with E-state index in [1.165, 1.54) is 12.1 Å². The molecule has 0 saturated carbocycles. The lowest BCUT2D eigenvalue weighted by atomic mass is 10.2. The minimum absolute atomic E-state index is 0.0435. The van der Waals surface area contributed by atoms with E-state index in [2.05, 4.69) is 15.5 Å². The van der Waals surface area contributed by atoms with Crippen molar-refractivity contribution in [3.8, 4) is 17.1 Å². The van der Waals surface area contributed by atoms with Crippen molar-refractivity contribution < 1.29 is 14.0 Å². The van der Waals surface area contributed by atoms with E-state index in [0.717, 1.165) is 18.1 Å². The molecule has 1 atom stereocenters. The van der Waals surface area contributed by atoms with Crippen molar-refractivity contribution in [2.24, 2.45) is 0 Å². The van der Waals surface area contributed by atoms with Crippen LogP contribution < -0.4 is 5.32 Å². The Balaban J connectivity index is 1.85. The van der Waals surface area contributed by atoms with E-state index in [-0.39, 0.29) is 6.04 Å². The number of hydrogen-bond donors (Lipinski definition) is 2. The number of aromatic hydroxyl groups is 1. The summed E-state index contributed by atoms with van der Waals surface area (Å²) in [4.78, 5) is 4.27. The van der Waals surface area contributed by atoms with Gasteiger partial charge in [0.1, 0.15) is 0 Å². The van der Waals surface area contributed by atoms with Gasteiger partial charge in [-0.1, -0.05) is 5.16 Å². The first-order chi connectivity index (χ1) is 9.24. The van der Waals surface area contributed by atoms with Gasteiger partial charge in [-0.2, -0.15) is 16.7 Å². The van der Waals surface area contributed by atoms with Crippen molar-refractivity contribution in [1.29, 1.82) is 0 Å². The van der Waals surface area contributed by atoms with E-state index in [1.807, 2.05) is 11.8 Å². The molecule has 1 aromatic heterocycles. The molecule has 0 radical (unpaired) electrons. The van der Waals surface area contributed by atoms with Crippen LogP contribution in [0.15, 0.2) is 22.7 Å². The Morgan fingerprint density at radius 1 is 1.47 bits per heavy atom. The smallest absolute Gasteiger partial charge is 0.244 e. The zero-order chi connectivity index (χ0) is 13.2. The van der Waals surface area contributed by atoms with Gasteiger partial charge in [0.25, 0.3) is 0 Å². The second-order valence-corrected chi connectivity index (χ2v) is 5.35. The molecule has 0 spiro atoms. The van der Waals surface area contributed by atoms with Gasteiger partial charge in [0, 0.05) is 23.6 Å². The molecule has 0 bridgehead atoms. The first kappa shape index (κ1) is 12.4. The minimum atomic E-state index is -0.699. The van der Waals surface area contributed by atoms with Crippen molar-refractivity contribution in [3.63, 3.8) is 0 Å². The molecule has 5 nitrogen and oxygen atoms in total. The van der Waals surface area contributed by atoms with Gasteiger partial charge in [-0.25, -0.2) is 4.39 Å². The highest BCUT2D eigenvalue weighted by Crippen LogP contribution is 2.25. The summed E-state index contributed by atoms with van der Waals surface area (Å²) < 4.78 is 18.5. The van der Waals surface area contributed by atoms with Gasteiger partial charge < -0.3 is 14.9 Å². The van der Waals surface area contributed by atoms with Gasteiger partial charge in [-0.15, -0.1) is 0 Å². The number of nitrogens with zero attached hydrogens (tertiary/aromatic N) is 2. The fourth-order valence-corrected chi connectivity index (χ4v) is 2.79. The average molecular weight is 281 g/mol. The maximum absolute atomic E-state index is 13.3. The lowest BCUT2D eigenvalue weighted by Crippen LogP contribution is -2.30. The van der Waals surface area contributed by atoms with Crippen LogP contribution in [0.5, 0.6) is 5.75 Å². The van der Waals surface area contributed by atoms with Crippen molar-refractivity contribution >= 4 is 11.8 Å². The number of nitrogens with one attached hydrogen (secondary N) is 1. The molecule has 1 aliphatic rings. The number of aromatic nitrogens is 2. The first-order valence-corrected chi connectivity index (χ1v) is 7.03. The molecule has 19 heavy (non-hydrogen) atoms. The second kappa shape index (κ2) is 5.18. The molecule has 2 N–H and O–H groups in total. The van der Waals surface area contributed by atoms with Crippen LogP contribution in [0, 0.1) is 5.82 Å². The van der Waals surface area contributed by atoms with E-state index in [0.29, 0.717) is 17.3 Å². The van der Waals surface area contributed by atoms with Crippen LogP contribution in [-0.2, 0) is 0 Å². The van der Waals surface area contributed by atoms with E-state index >= 15 is 0 Å². The summed E-state index contributed by atoms with van der Waals surface area (Å²) in [6.07, 6.45) is 0. The highest BCUT2D eigenvalue weighted by molar-refractivity contribution is 7.99. The predicted octanol–water partition coefficient (Wildman–Crippen LogP) is 1.96. The third-order valence-corrected chi connectivity index (χ3v) is 3.93. The number of rotatable bonds is 2. The van der Waals surface area contributed by atoms with Crippen LogP contribution >= 0.6 is 11.8 Å². The summed E-state index contributed by atoms with van der Waals surface area (Å²) in [5, 5.41) is 16.3. The maximum Gasteiger partial charge on any atom is 0.244 e. The molecule has 7 heteroatoms. The lowest BCUT2D eigenvalue weighted by molar-refractivity contribution is 0.342. The third-order valence-electron chi connectivity index (χ3n) is 2.87. The van der Waals surface area contributed by atoms with Crippen LogP contribution in [0.25, 0.3) is 11.4 Å². The van der Waals surface area contributed by atoms with Crippen LogP contribution in [0.1, 0.15) is 11.9 Å². The Hall–Kier alpha value is -1.60. The topological polar surface area (TPSA) is 71.2 Å². The van der Waals surface area contributed by atoms with E-state index in [9.17, 15) is 4.39 Å². The van der Waals surface area contributed by atoms with Gasteiger partial charge in [0.05, 0.1) is 6.04 Å². The third kappa shape index (κ3) is 2.57. The first-order valence-electron chi connectivity index (χ1n) is 5.87. The van der Waals surface area contributed by atoms with E-state index < -0.39 is 11.6 Å². The summed E-state index contributed by atoms with van der Waals surface area (Å²) in [7, 11) is 0. The monoisotopic (exact) mass is 281 g/mol. The van der Waals surface area contributed by atoms with Crippen molar-refractivity contribution in [2.45, 2.75) is 6.04 Å². The molecule has 2 aromatic rings. The number of halogens is 1. The molecule has 1 aliphatic heterocycles. The molecule has 3 rings (SSSR count). The molecular weight excluding hydrogens is 269 g/mol. The number of phenolic OH excluding ortho intramolecular Hbond substituents is 1. The summed E-state index contributed by atoms with van der Waals surface area (Å²) in [6.45, 7) is 0.904. The van der Waals surface area contributed by atoms with Crippen molar-refractivity contribution in [2.75, 3.05) is 18.1 Å². The molecule has 100 valence electrons. The Bertz CT molecular complexity index is 584. The summed E-state index contributed by atoms with van der Waals surface area (Å²) >= 11 is 1.82. The Labute approximate surface area is 113 Å². The summed E-state index contributed by atoms with van der Waals surface area (Å²) in [6, 6.07) is 4.06. The van der Waals surface area contributed by atoms with Gasteiger partial charge >= 0.3 is 0 Å². The Morgan fingerprint density at radius 2 is 2.37 bits per heavy atom. The van der Waals surface area contributed by atoms with E-state index in [4.69, 9.17) is 9.63 Å². The number of thioether (sulfide) groups is 1. The quantitative estimate of drug-likeness (QED) is 0.877.